The first-order valence-electron chi connectivity index (χ1n) is 7.68. The van der Waals surface area contributed by atoms with Crippen molar-refractivity contribution in [1.29, 1.82) is 0 Å². The van der Waals surface area contributed by atoms with Crippen molar-refractivity contribution in [1.82, 2.24) is 29.9 Å². The van der Waals surface area contributed by atoms with Crippen LogP contribution in [0.15, 0.2) is 30.6 Å². The zero-order valence-corrected chi connectivity index (χ0v) is 12.6. The summed E-state index contributed by atoms with van der Waals surface area (Å²) in [5.74, 6) is 1.29. The van der Waals surface area contributed by atoms with Crippen molar-refractivity contribution in [2.45, 2.75) is 18.8 Å². The van der Waals surface area contributed by atoms with E-state index in [1.807, 2.05) is 30.1 Å². The number of H-pyrrole nitrogens is 1. The van der Waals surface area contributed by atoms with Crippen LogP contribution in [0, 0.1) is 0 Å². The smallest absolute Gasteiger partial charge is 0.178 e. The highest BCUT2D eigenvalue weighted by molar-refractivity contribution is 5.89. The highest BCUT2D eigenvalue weighted by atomic mass is 15.3. The van der Waals surface area contributed by atoms with E-state index in [-0.39, 0.29) is 0 Å². The van der Waals surface area contributed by atoms with Gasteiger partial charge in [-0.15, -0.1) is 0 Å². The number of aromatic amines is 1. The maximum atomic E-state index is 4.63. The summed E-state index contributed by atoms with van der Waals surface area (Å²) in [4.78, 5) is 8.98. The topological polar surface area (TPSA) is 84.3 Å². The first-order valence-corrected chi connectivity index (χ1v) is 7.68. The molecule has 0 saturated heterocycles. The zero-order valence-electron chi connectivity index (χ0n) is 12.6. The maximum Gasteiger partial charge on any atom is 0.178 e. The Labute approximate surface area is 131 Å². The third kappa shape index (κ3) is 1.97. The lowest BCUT2D eigenvalue weighted by Crippen LogP contribution is -1.95. The minimum atomic E-state index is 0.587. The molecule has 1 saturated carbocycles. The van der Waals surface area contributed by atoms with Crippen molar-refractivity contribution in [2.75, 3.05) is 5.32 Å². The number of aromatic nitrogens is 6. The molecule has 0 unspecified atom stereocenters. The molecule has 0 spiro atoms. The Bertz CT molecular complexity index is 1030. The van der Waals surface area contributed by atoms with Gasteiger partial charge in [0.25, 0.3) is 0 Å². The van der Waals surface area contributed by atoms with E-state index in [0.29, 0.717) is 11.7 Å². The summed E-state index contributed by atoms with van der Waals surface area (Å²) >= 11 is 0. The van der Waals surface area contributed by atoms with Crippen molar-refractivity contribution >= 4 is 33.6 Å². The van der Waals surface area contributed by atoms with Gasteiger partial charge in [0.05, 0.1) is 28.6 Å². The number of hydrogen-bond acceptors (Lipinski definition) is 5. The van der Waals surface area contributed by atoms with Crippen LogP contribution in [0.4, 0.5) is 11.5 Å². The van der Waals surface area contributed by atoms with E-state index in [4.69, 9.17) is 0 Å². The van der Waals surface area contributed by atoms with Crippen LogP contribution in [0.25, 0.3) is 22.1 Å². The largest absolute Gasteiger partial charge is 0.336 e. The van der Waals surface area contributed by atoms with Gasteiger partial charge in [0.15, 0.2) is 5.82 Å². The Morgan fingerprint density at radius 1 is 1.26 bits per heavy atom. The van der Waals surface area contributed by atoms with Gasteiger partial charge in [-0.3, -0.25) is 19.7 Å². The summed E-state index contributed by atoms with van der Waals surface area (Å²) in [6.07, 6.45) is 6.03. The molecule has 5 rings (SSSR count). The molecule has 0 radical (unpaired) electrons. The highest BCUT2D eigenvalue weighted by Crippen LogP contribution is 2.42. The zero-order chi connectivity index (χ0) is 15.4. The molecule has 23 heavy (non-hydrogen) atoms. The average Bonchev–Trinajstić information content (AvgIpc) is 3.27. The summed E-state index contributed by atoms with van der Waals surface area (Å²) in [6, 6.07) is 5.89. The van der Waals surface area contributed by atoms with Crippen LogP contribution in [0.2, 0.25) is 0 Å². The summed E-state index contributed by atoms with van der Waals surface area (Å²) in [5, 5.41) is 15.2. The second kappa shape index (κ2) is 4.52. The number of nitrogens with one attached hydrogen (secondary N) is 2. The number of nitrogens with zero attached hydrogens (tertiary/aromatic N) is 5. The van der Waals surface area contributed by atoms with Crippen molar-refractivity contribution < 1.29 is 0 Å². The van der Waals surface area contributed by atoms with Crippen molar-refractivity contribution in [3.63, 3.8) is 0 Å². The van der Waals surface area contributed by atoms with E-state index in [0.717, 1.165) is 33.4 Å². The van der Waals surface area contributed by atoms with E-state index >= 15 is 0 Å². The monoisotopic (exact) mass is 305 g/mol. The number of rotatable bonds is 3. The van der Waals surface area contributed by atoms with Gasteiger partial charge < -0.3 is 5.32 Å². The molecule has 1 aliphatic carbocycles. The molecule has 0 amide bonds. The fourth-order valence-electron chi connectivity index (χ4n) is 2.94. The summed E-state index contributed by atoms with van der Waals surface area (Å²) in [7, 11) is 1.96. The molecular formula is C16H15N7. The molecule has 4 heterocycles. The van der Waals surface area contributed by atoms with E-state index in [2.05, 4.69) is 36.6 Å². The van der Waals surface area contributed by atoms with Crippen molar-refractivity contribution in [3.8, 4) is 0 Å². The van der Waals surface area contributed by atoms with Gasteiger partial charge in [0, 0.05) is 19.2 Å². The van der Waals surface area contributed by atoms with Gasteiger partial charge >= 0.3 is 0 Å². The van der Waals surface area contributed by atoms with Crippen LogP contribution >= 0.6 is 0 Å². The molecule has 2 N–H and O–H groups in total. The fraction of sp³-hybridized carbons (Fsp3) is 0.250. The summed E-state index contributed by atoms with van der Waals surface area (Å²) in [5.41, 5.74) is 5.76. The fourth-order valence-corrected chi connectivity index (χ4v) is 2.94. The van der Waals surface area contributed by atoms with Gasteiger partial charge in [0.1, 0.15) is 11.0 Å². The summed E-state index contributed by atoms with van der Waals surface area (Å²) < 4.78 is 1.90. The van der Waals surface area contributed by atoms with E-state index < -0.39 is 0 Å². The summed E-state index contributed by atoms with van der Waals surface area (Å²) in [6.45, 7) is 0. The van der Waals surface area contributed by atoms with E-state index in [1.165, 1.54) is 12.8 Å². The molecule has 4 aromatic heterocycles. The third-order valence-electron chi connectivity index (χ3n) is 4.26. The normalized spacial score (nSPS) is 14.7. The second-order valence-corrected chi connectivity index (χ2v) is 5.97. The Hall–Kier alpha value is -2.96. The van der Waals surface area contributed by atoms with Gasteiger partial charge in [-0.2, -0.15) is 10.2 Å². The lowest BCUT2D eigenvalue weighted by Gasteiger charge is -2.03. The Morgan fingerprint density at radius 3 is 3.04 bits per heavy atom. The molecule has 7 heteroatoms. The maximum absolute atomic E-state index is 4.63. The number of anilines is 2. The van der Waals surface area contributed by atoms with Gasteiger partial charge in [-0.25, -0.2) is 0 Å². The highest BCUT2D eigenvalue weighted by Gasteiger charge is 2.29. The van der Waals surface area contributed by atoms with Crippen LogP contribution in [-0.2, 0) is 7.05 Å². The van der Waals surface area contributed by atoms with Gasteiger partial charge in [-0.1, -0.05) is 0 Å². The lowest BCUT2D eigenvalue weighted by atomic mass is 10.2. The molecule has 0 atom stereocenters. The molecule has 1 fully saturated rings. The van der Waals surface area contributed by atoms with Gasteiger partial charge in [0.2, 0.25) is 0 Å². The Balaban J connectivity index is 1.57. The number of pyridine rings is 2. The second-order valence-electron chi connectivity index (χ2n) is 5.97. The standard InChI is InChI=1S/C16H15N7/c1-23-12-7-10(8-18-15(12)13(22-23)9-4-5-9)19-16-14-11(20-21-16)3-2-6-17-14/h2-3,6-9H,4-5H2,1H3,(H2,19,20,21). The minimum absolute atomic E-state index is 0.587. The predicted octanol–water partition coefficient (Wildman–Crippen LogP) is 2.86. The molecule has 0 aromatic carbocycles. The van der Waals surface area contributed by atoms with Crippen LogP contribution in [0.5, 0.6) is 0 Å². The quantitative estimate of drug-likeness (QED) is 0.608. The van der Waals surface area contributed by atoms with Crippen LogP contribution < -0.4 is 5.32 Å². The minimum Gasteiger partial charge on any atom is -0.336 e. The van der Waals surface area contributed by atoms with Crippen LogP contribution in [0.1, 0.15) is 24.5 Å². The first-order chi connectivity index (χ1) is 11.3. The Kier molecular flexibility index (Phi) is 2.47. The lowest BCUT2D eigenvalue weighted by molar-refractivity contribution is 0.767. The van der Waals surface area contributed by atoms with Gasteiger partial charge in [-0.05, 0) is 31.0 Å². The van der Waals surface area contributed by atoms with Crippen LogP contribution in [0.3, 0.4) is 0 Å². The molecule has 114 valence electrons. The third-order valence-corrected chi connectivity index (χ3v) is 4.26. The number of fused-ring (bicyclic) bond motifs is 2. The van der Waals surface area contributed by atoms with E-state index in [9.17, 15) is 0 Å². The average molecular weight is 305 g/mol. The predicted molar refractivity (Wildman–Crippen MR) is 87.7 cm³/mol. The number of aryl methyl sites for hydroxylation is 1. The molecular weight excluding hydrogens is 290 g/mol. The number of hydrogen-bond donors (Lipinski definition) is 2. The Morgan fingerprint density at radius 2 is 2.17 bits per heavy atom. The van der Waals surface area contributed by atoms with Crippen molar-refractivity contribution in [2.24, 2.45) is 7.05 Å². The SMILES string of the molecule is Cn1nc(C2CC2)c2ncc(Nc3n[nH]c4cccnc34)cc21. The molecule has 4 aromatic rings. The van der Waals surface area contributed by atoms with Crippen LogP contribution in [-0.4, -0.2) is 29.9 Å². The van der Waals surface area contributed by atoms with E-state index in [1.54, 1.807) is 6.20 Å². The molecule has 1 aliphatic rings. The van der Waals surface area contributed by atoms with Crippen molar-refractivity contribution in [3.05, 3.63) is 36.3 Å². The molecule has 7 nitrogen and oxygen atoms in total. The molecule has 0 aliphatic heterocycles. The molecule has 0 bridgehead atoms. The first kappa shape index (κ1) is 12.6.